The molecule has 2 rings (SSSR count). The quantitative estimate of drug-likeness (QED) is 0.882. The minimum Gasteiger partial charge on any atom is -0.386 e. The number of aromatic nitrogens is 1. The van der Waals surface area contributed by atoms with E-state index in [4.69, 9.17) is 4.74 Å². The van der Waals surface area contributed by atoms with E-state index in [1.807, 2.05) is 12.1 Å². The molecule has 1 aliphatic rings. The van der Waals surface area contributed by atoms with Crippen LogP contribution >= 0.6 is 0 Å². The number of rotatable bonds is 4. The summed E-state index contributed by atoms with van der Waals surface area (Å²) in [5.74, 6) is 0. The van der Waals surface area contributed by atoms with Crippen molar-refractivity contribution in [3.05, 3.63) is 30.1 Å². The van der Waals surface area contributed by atoms with Crippen LogP contribution in [-0.2, 0) is 4.74 Å². The van der Waals surface area contributed by atoms with Crippen LogP contribution in [0.5, 0.6) is 0 Å². The summed E-state index contributed by atoms with van der Waals surface area (Å²) in [5, 5.41) is 10.7. The monoisotopic (exact) mass is 250 g/mol. The molecule has 0 saturated carbocycles. The van der Waals surface area contributed by atoms with Gasteiger partial charge in [-0.05, 0) is 19.4 Å². The van der Waals surface area contributed by atoms with Gasteiger partial charge in [0.05, 0.1) is 19.3 Å². The molecule has 1 aliphatic heterocycles. The lowest BCUT2D eigenvalue weighted by Crippen LogP contribution is -2.54. The minimum absolute atomic E-state index is 0.257. The van der Waals surface area contributed by atoms with Gasteiger partial charge < -0.3 is 9.84 Å². The van der Waals surface area contributed by atoms with Crippen molar-refractivity contribution in [2.75, 3.05) is 26.3 Å². The van der Waals surface area contributed by atoms with E-state index in [0.29, 0.717) is 0 Å². The van der Waals surface area contributed by atoms with Gasteiger partial charge in [-0.1, -0.05) is 13.0 Å². The van der Waals surface area contributed by atoms with E-state index in [9.17, 15) is 5.11 Å². The molecule has 1 fully saturated rings. The second kappa shape index (κ2) is 5.78. The largest absolute Gasteiger partial charge is 0.386 e. The maximum Gasteiger partial charge on any atom is 0.0985 e. The standard InChI is InChI=1S/C14H22N2O2/c1-3-14(2,16-7-9-18-10-8-16)13(17)12-5-4-6-15-11-12/h4-6,11,13,17H,3,7-10H2,1-2H3. The van der Waals surface area contributed by atoms with Crippen LogP contribution in [0.15, 0.2) is 24.5 Å². The maximum atomic E-state index is 10.7. The van der Waals surface area contributed by atoms with Crippen LogP contribution < -0.4 is 0 Å². The lowest BCUT2D eigenvalue weighted by atomic mass is 9.85. The highest BCUT2D eigenvalue weighted by Gasteiger charge is 2.38. The van der Waals surface area contributed by atoms with Gasteiger partial charge in [0.2, 0.25) is 0 Å². The molecule has 2 unspecified atom stereocenters. The van der Waals surface area contributed by atoms with Gasteiger partial charge >= 0.3 is 0 Å². The predicted octanol–water partition coefficient (Wildman–Crippen LogP) is 1.62. The number of morpholine rings is 1. The third-order valence-corrected chi connectivity index (χ3v) is 4.04. The molecule has 0 amide bonds. The summed E-state index contributed by atoms with van der Waals surface area (Å²) in [6, 6.07) is 3.81. The fourth-order valence-corrected chi connectivity index (χ4v) is 2.56. The first-order valence-electron chi connectivity index (χ1n) is 6.59. The molecule has 4 heteroatoms. The van der Waals surface area contributed by atoms with Crippen LogP contribution in [0.2, 0.25) is 0 Å². The zero-order chi connectivity index (χ0) is 13.0. The Hall–Kier alpha value is -0.970. The van der Waals surface area contributed by atoms with E-state index in [2.05, 4.69) is 23.7 Å². The molecule has 4 nitrogen and oxygen atoms in total. The molecule has 2 atom stereocenters. The Morgan fingerprint density at radius 3 is 2.78 bits per heavy atom. The summed E-state index contributed by atoms with van der Waals surface area (Å²) in [6.07, 6.45) is 3.85. The van der Waals surface area contributed by atoms with Crippen molar-refractivity contribution in [2.24, 2.45) is 0 Å². The van der Waals surface area contributed by atoms with Crippen molar-refractivity contribution >= 4 is 0 Å². The summed E-state index contributed by atoms with van der Waals surface area (Å²) in [4.78, 5) is 6.42. The molecule has 1 aromatic rings. The average Bonchev–Trinajstić information content (AvgIpc) is 2.47. The van der Waals surface area contributed by atoms with Crippen LogP contribution in [0, 0.1) is 0 Å². The SMILES string of the molecule is CCC(C)(C(O)c1cccnc1)N1CCOCC1. The van der Waals surface area contributed by atoms with Gasteiger partial charge in [0.25, 0.3) is 0 Å². The number of pyridine rings is 1. The van der Waals surface area contributed by atoms with Gasteiger partial charge in [-0.3, -0.25) is 9.88 Å². The highest BCUT2D eigenvalue weighted by atomic mass is 16.5. The normalized spacial score (nSPS) is 22.4. The van der Waals surface area contributed by atoms with Crippen molar-refractivity contribution in [1.29, 1.82) is 0 Å². The molecule has 1 aromatic heterocycles. The molecule has 0 aliphatic carbocycles. The molecular weight excluding hydrogens is 228 g/mol. The molecule has 0 radical (unpaired) electrons. The van der Waals surface area contributed by atoms with E-state index in [0.717, 1.165) is 38.3 Å². The van der Waals surface area contributed by atoms with Crippen molar-refractivity contribution in [1.82, 2.24) is 9.88 Å². The number of hydrogen-bond acceptors (Lipinski definition) is 4. The smallest absolute Gasteiger partial charge is 0.0985 e. The molecule has 0 aromatic carbocycles. The van der Waals surface area contributed by atoms with E-state index in [-0.39, 0.29) is 5.54 Å². The van der Waals surface area contributed by atoms with Gasteiger partial charge in [0.15, 0.2) is 0 Å². The van der Waals surface area contributed by atoms with Gasteiger partial charge in [0.1, 0.15) is 0 Å². The second-order valence-electron chi connectivity index (χ2n) is 5.00. The Bertz CT molecular complexity index is 365. The first-order valence-corrected chi connectivity index (χ1v) is 6.59. The highest BCUT2D eigenvalue weighted by Crippen LogP contribution is 2.34. The Morgan fingerprint density at radius 1 is 1.50 bits per heavy atom. The summed E-state index contributed by atoms with van der Waals surface area (Å²) in [6.45, 7) is 7.49. The number of hydrogen-bond donors (Lipinski definition) is 1. The first-order chi connectivity index (χ1) is 8.68. The number of aliphatic hydroxyl groups excluding tert-OH is 1. The van der Waals surface area contributed by atoms with Gasteiger partial charge in [0, 0.05) is 36.6 Å². The molecule has 2 heterocycles. The van der Waals surface area contributed by atoms with Gasteiger partial charge in [-0.15, -0.1) is 0 Å². The number of nitrogens with zero attached hydrogens (tertiary/aromatic N) is 2. The van der Waals surface area contributed by atoms with Crippen LogP contribution in [0.25, 0.3) is 0 Å². The Morgan fingerprint density at radius 2 is 2.22 bits per heavy atom. The zero-order valence-electron chi connectivity index (χ0n) is 11.2. The number of ether oxygens (including phenoxy) is 1. The first kappa shape index (κ1) is 13.5. The lowest BCUT2D eigenvalue weighted by molar-refractivity contribution is -0.0735. The van der Waals surface area contributed by atoms with Crippen LogP contribution in [-0.4, -0.2) is 46.8 Å². The van der Waals surface area contributed by atoms with Gasteiger partial charge in [-0.2, -0.15) is 0 Å². The summed E-state index contributed by atoms with van der Waals surface area (Å²) in [5.41, 5.74) is 0.626. The van der Waals surface area contributed by atoms with E-state index in [1.165, 1.54) is 0 Å². The third kappa shape index (κ3) is 2.55. The molecule has 1 saturated heterocycles. The third-order valence-electron chi connectivity index (χ3n) is 4.04. The highest BCUT2D eigenvalue weighted by molar-refractivity contribution is 5.17. The molecule has 1 N–H and O–H groups in total. The number of aliphatic hydroxyl groups is 1. The summed E-state index contributed by atoms with van der Waals surface area (Å²) < 4.78 is 5.39. The van der Waals surface area contributed by atoms with Gasteiger partial charge in [-0.25, -0.2) is 0 Å². The van der Waals surface area contributed by atoms with Crippen molar-refractivity contribution in [3.8, 4) is 0 Å². The van der Waals surface area contributed by atoms with Crippen LogP contribution in [0.3, 0.4) is 0 Å². The lowest BCUT2D eigenvalue weighted by Gasteiger charge is -2.45. The summed E-state index contributed by atoms with van der Waals surface area (Å²) in [7, 11) is 0. The zero-order valence-corrected chi connectivity index (χ0v) is 11.2. The van der Waals surface area contributed by atoms with E-state index in [1.54, 1.807) is 12.4 Å². The fourth-order valence-electron chi connectivity index (χ4n) is 2.56. The summed E-state index contributed by atoms with van der Waals surface area (Å²) >= 11 is 0. The molecular formula is C14H22N2O2. The predicted molar refractivity (Wildman–Crippen MR) is 70.3 cm³/mol. The second-order valence-corrected chi connectivity index (χ2v) is 5.00. The Labute approximate surface area is 109 Å². The molecule has 0 spiro atoms. The maximum absolute atomic E-state index is 10.7. The van der Waals surface area contributed by atoms with E-state index >= 15 is 0 Å². The Kier molecular flexibility index (Phi) is 4.32. The molecule has 100 valence electrons. The van der Waals surface area contributed by atoms with E-state index < -0.39 is 6.10 Å². The minimum atomic E-state index is -0.519. The van der Waals surface area contributed by atoms with Crippen molar-refractivity contribution in [3.63, 3.8) is 0 Å². The van der Waals surface area contributed by atoms with Crippen LogP contribution in [0.1, 0.15) is 31.9 Å². The molecule has 18 heavy (non-hydrogen) atoms. The van der Waals surface area contributed by atoms with Crippen LogP contribution in [0.4, 0.5) is 0 Å². The average molecular weight is 250 g/mol. The topological polar surface area (TPSA) is 45.6 Å². The van der Waals surface area contributed by atoms with Crippen molar-refractivity contribution in [2.45, 2.75) is 31.9 Å². The fraction of sp³-hybridized carbons (Fsp3) is 0.643. The Balaban J connectivity index is 2.20. The van der Waals surface area contributed by atoms with Crippen molar-refractivity contribution < 1.29 is 9.84 Å². The molecule has 0 bridgehead atoms.